The molecule has 0 fully saturated rings. The van der Waals surface area contributed by atoms with E-state index in [0.717, 1.165) is 30.2 Å². The molecule has 1 aliphatic heterocycles. The maximum atomic E-state index is 5.21. The van der Waals surface area contributed by atoms with Crippen LogP contribution < -0.4 is 10.1 Å². The number of ether oxygens (including phenoxy) is 1. The smallest absolute Gasteiger partial charge is 0.119 e. The number of hydrogen-bond donors (Lipinski definition) is 1. The molecule has 0 atom stereocenters. The van der Waals surface area contributed by atoms with Crippen LogP contribution in [0.2, 0.25) is 0 Å². The van der Waals surface area contributed by atoms with Crippen LogP contribution in [0.4, 0.5) is 5.69 Å². The number of likely N-dealkylation sites (N-methyl/N-ethyl adjacent to an activating group) is 1. The van der Waals surface area contributed by atoms with E-state index in [0.29, 0.717) is 0 Å². The zero-order chi connectivity index (χ0) is 10.8. The normalized spacial score (nSPS) is 15.3. The predicted molar refractivity (Wildman–Crippen MR) is 62.1 cm³/mol. The van der Waals surface area contributed by atoms with E-state index >= 15 is 0 Å². The minimum Gasteiger partial charge on any atom is -0.497 e. The molecule has 1 heterocycles. The van der Waals surface area contributed by atoms with Gasteiger partial charge in [-0.25, -0.2) is 0 Å². The standard InChI is InChI=1S/C12H16N2O/c1-9-13-12-5-4-11(15-3)8-10(12)6-7-14(9)2/h4-5,8,13H,1,6-7H2,2-3H3. The summed E-state index contributed by atoms with van der Waals surface area (Å²) in [4.78, 5) is 2.12. The first-order chi connectivity index (χ1) is 7.20. The molecule has 0 saturated heterocycles. The van der Waals surface area contributed by atoms with Gasteiger partial charge in [-0.3, -0.25) is 0 Å². The highest BCUT2D eigenvalue weighted by atomic mass is 16.5. The van der Waals surface area contributed by atoms with E-state index in [-0.39, 0.29) is 0 Å². The molecule has 0 unspecified atom stereocenters. The minimum atomic E-state index is 0.908. The van der Waals surface area contributed by atoms with Crippen molar-refractivity contribution in [2.45, 2.75) is 6.42 Å². The second-order valence-electron chi connectivity index (χ2n) is 3.77. The summed E-state index contributed by atoms with van der Waals surface area (Å²) in [6.07, 6.45) is 1.01. The highest BCUT2D eigenvalue weighted by Crippen LogP contribution is 2.26. The van der Waals surface area contributed by atoms with Gasteiger partial charge in [0, 0.05) is 19.3 Å². The molecule has 0 bridgehead atoms. The van der Waals surface area contributed by atoms with Crippen molar-refractivity contribution in [3.8, 4) is 5.75 Å². The molecule has 0 saturated carbocycles. The molecule has 0 spiro atoms. The molecule has 0 aromatic heterocycles. The summed E-state index contributed by atoms with van der Waals surface area (Å²) in [5.41, 5.74) is 2.41. The first-order valence-corrected chi connectivity index (χ1v) is 5.04. The van der Waals surface area contributed by atoms with Crippen molar-refractivity contribution in [3.05, 3.63) is 36.2 Å². The third-order valence-corrected chi connectivity index (χ3v) is 2.77. The van der Waals surface area contributed by atoms with Crippen molar-refractivity contribution in [2.24, 2.45) is 0 Å². The molecule has 3 heteroatoms. The third kappa shape index (κ3) is 1.91. The fraction of sp³-hybridized carbons (Fsp3) is 0.333. The van der Waals surface area contributed by atoms with Gasteiger partial charge in [-0.1, -0.05) is 6.58 Å². The summed E-state index contributed by atoms with van der Waals surface area (Å²) in [6, 6.07) is 6.08. The van der Waals surface area contributed by atoms with Crippen LogP contribution >= 0.6 is 0 Å². The van der Waals surface area contributed by atoms with Gasteiger partial charge in [-0.15, -0.1) is 0 Å². The van der Waals surface area contributed by atoms with E-state index in [4.69, 9.17) is 4.74 Å². The number of hydrogen-bond acceptors (Lipinski definition) is 3. The third-order valence-electron chi connectivity index (χ3n) is 2.77. The topological polar surface area (TPSA) is 24.5 Å². The van der Waals surface area contributed by atoms with Crippen LogP contribution in [0.1, 0.15) is 5.56 Å². The lowest BCUT2D eigenvalue weighted by Gasteiger charge is -2.18. The first kappa shape index (κ1) is 9.90. The highest BCUT2D eigenvalue weighted by molar-refractivity contribution is 5.58. The quantitative estimate of drug-likeness (QED) is 0.758. The minimum absolute atomic E-state index is 0.908. The average Bonchev–Trinajstić information content (AvgIpc) is 2.39. The molecule has 0 aliphatic carbocycles. The number of rotatable bonds is 1. The fourth-order valence-corrected chi connectivity index (χ4v) is 1.70. The lowest BCUT2D eigenvalue weighted by atomic mass is 10.1. The molecule has 3 nitrogen and oxygen atoms in total. The van der Waals surface area contributed by atoms with Crippen LogP contribution in [0, 0.1) is 0 Å². The Bertz CT molecular complexity index is 387. The maximum Gasteiger partial charge on any atom is 0.119 e. The summed E-state index contributed by atoms with van der Waals surface area (Å²) in [7, 11) is 3.73. The van der Waals surface area contributed by atoms with Crippen molar-refractivity contribution in [3.63, 3.8) is 0 Å². The van der Waals surface area contributed by atoms with Crippen molar-refractivity contribution < 1.29 is 4.74 Å². The molecule has 1 aromatic rings. The average molecular weight is 204 g/mol. The summed E-state index contributed by atoms with van der Waals surface area (Å²) in [6.45, 7) is 4.96. The largest absolute Gasteiger partial charge is 0.497 e. The first-order valence-electron chi connectivity index (χ1n) is 5.04. The van der Waals surface area contributed by atoms with E-state index in [1.54, 1.807) is 7.11 Å². The Morgan fingerprint density at radius 1 is 1.47 bits per heavy atom. The Morgan fingerprint density at radius 2 is 2.27 bits per heavy atom. The van der Waals surface area contributed by atoms with E-state index < -0.39 is 0 Å². The number of fused-ring (bicyclic) bond motifs is 1. The zero-order valence-electron chi connectivity index (χ0n) is 9.21. The van der Waals surface area contributed by atoms with Crippen molar-refractivity contribution in [1.29, 1.82) is 0 Å². The predicted octanol–water partition coefficient (Wildman–Crippen LogP) is 2.07. The number of methoxy groups -OCH3 is 1. The second-order valence-corrected chi connectivity index (χ2v) is 3.77. The van der Waals surface area contributed by atoms with Crippen LogP contribution in [0.15, 0.2) is 30.6 Å². The number of anilines is 1. The SMILES string of the molecule is C=C1Nc2ccc(OC)cc2CCN1C. The summed E-state index contributed by atoms with van der Waals surface area (Å²) < 4.78 is 5.21. The summed E-state index contributed by atoms with van der Waals surface area (Å²) in [5, 5.41) is 3.30. The fourth-order valence-electron chi connectivity index (χ4n) is 1.70. The van der Waals surface area contributed by atoms with E-state index in [9.17, 15) is 0 Å². The van der Waals surface area contributed by atoms with E-state index in [2.05, 4.69) is 22.9 Å². The van der Waals surface area contributed by atoms with Crippen LogP contribution in [-0.4, -0.2) is 25.6 Å². The molecule has 80 valence electrons. The van der Waals surface area contributed by atoms with Crippen LogP contribution in [0.3, 0.4) is 0 Å². The Labute approximate surface area is 90.3 Å². The zero-order valence-corrected chi connectivity index (χ0v) is 9.21. The van der Waals surface area contributed by atoms with Gasteiger partial charge in [0.2, 0.25) is 0 Å². The van der Waals surface area contributed by atoms with Gasteiger partial charge in [-0.2, -0.15) is 0 Å². The van der Waals surface area contributed by atoms with Crippen molar-refractivity contribution >= 4 is 5.69 Å². The molecule has 0 radical (unpaired) electrons. The number of nitrogens with one attached hydrogen (secondary N) is 1. The maximum absolute atomic E-state index is 5.21. The summed E-state index contributed by atoms with van der Waals surface area (Å²) in [5.74, 6) is 1.85. The Balaban J connectivity index is 2.34. The number of nitrogens with zero attached hydrogens (tertiary/aromatic N) is 1. The molecular formula is C12H16N2O. The molecule has 2 rings (SSSR count). The van der Waals surface area contributed by atoms with Crippen LogP contribution in [0.25, 0.3) is 0 Å². The Hall–Kier alpha value is -1.64. The van der Waals surface area contributed by atoms with Crippen molar-refractivity contribution in [1.82, 2.24) is 4.90 Å². The monoisotopic (exact) mass is 204 g/mol. The van der Waals surface area contributed by atoms with Gasteiger partial charge < -0.3 is 15.0 Å². The summed E-state index contributed by atoms with van der Waals surface area (Å²) >= 11 is 0. The van der Waals surface area contributed by atoms with E-state index in [1.807, 2.05) is 19.2 Å². The van der Waals surface area contributed by atoms with Gasteiger partial charge in [0.25, 0.3) is 0 Å². The van der Waals surface area contributed by atoms with Gasteiger partial charge in [0.15, 0.2) is 0 Å². The van der Waals surface area contributed by atoms with Crippen LogP contribution in [-0.2, 0) is 6.42 Å². The molecule has 15 heavy (non-hydrogen) atoms. The highest BCUT2D eigenvalue weighted by Gasteiger charge is 2.12. The Kier molecular flexibility index (Phi) is 2.54. The van der Waals surface area contributed by atoms with E-state index in [1.165, 1.54) is 5.56 Å². The molecule has 1 N–H and O–H groups in total. The molecule has 1 aromatic carbocycles. The van der Waals surface area contributed by atoms with Crippen LogP contribution in [0.5, 0.6) is 5.75 Å². The Morgan fingerprint density at radius 3 is 3.00 bits per heavy atom. The lowest BCUT2D eigenvalue weighted by molar-refractivity contribution is 0.413. The second kappa shape index (κ2) is 3.85. The van der Waals surface area contributed by atoms with Gasteiger partial charge >= 0.3 is 0 Å². The van der Waals surface area contributed by atoms with Gasteiger partial charge in [0.1, 0.15) is 5.75 Å². The van der Waals surface area contributed by atoms with Gasteiger partial charge in [0.05, 0.1) is 12.9 Å². The lowest BCUT2D eigenvalue weighted by Crippen LogP contribution is -2.21. The molecule has 0 amide bonds. The number of benzene rings is 1. The van der Waals surface area contributed by atoms with Crippen molar-refractivity contribution in [2.75, 3.05) is 26.0 Å². The molecular weight excluding hydrogens is 188 g/mol. The van der Waals surface area contributed by atoms with Gasteiger partial charge in [-0.05, 0) is 30.2 Å². The molecule has 1 aliphatic rings.